The second-order valence-electron chi connectivity index (χ2n) is 3.58. The number of nitrogens with one attached hydrogen (secondary N) is 1. The van der Waals surface area contributed by atoms with Crippen LogP contribution in [0.4, 0.5) is 30.5 Å². The fourth-order valence-corrected chi connectivity index (χ4v) is 1.32. The van der Waals surface area contributed by atoms with Gasteiger partial charge in [0.05, 0.1) is 11.3 Å². The van der Waals surface area contributed by atoms with Crippen LogP contribution in [-0.4, -0.2) is 34.7 Å². The normalized spacial score (nSPS) is 11.2. The SMILES string of the molecule is CN(CCC(F)(F)F)c1ncnc(NN)c1[N+](=O)[O-]. The third-order valence-corrected chi connectivity index (χ3v) is 2.21. The first-order valence-corrected chi connectivity index (χ1v) is 5.00. The molecule has 8 nitrogen and oxygen atoms in total. The molecule has 1 heterocycles. The summed E-state index contributed by atoms with van der Waals surface area (Å²) in [7, 11) is 1.27. The molecule has 0 amide bonds. The summed E-state index contributed by atoms with van der Waals surface area (Å²) in [6.07, 6.45) is -4.50. The van der Waals surface area contributed by atoms with Crippen molar-refractivity contribution in [3.05, 3.63) is 16.4 Å². The minimum Gasteiger partial charge on any atom is -0.353 e. The van der Waals surface area contributed by atoms with Gasteiger partial charge >= 0.3 is 11.9 Å². The van der Waals surface area contributed by atoms with Gasteiger partial charge in [-0.25, -0.2) is 15.8 Å². The van der Waals surface area contributed by atoms with E-state index in [1.165, 1.54) is 7.05 Å². The third kappa shape index (κ3) is 3.91. The third-order valence-electron chi connectivity index (χ3n) is 2.21. The number of nitro groups is 1. The van der Waals surface area contributed by atoms with E-state index in [2.05, 4.69) is 9.97 Å². The summed E-state index contributed by atoms with van der Waals surface area (Å²) in [5.41, 5.74) is 1.43. The molecule has 1 aromatic rings. The van der Waals surface area contributed by atoms with Gasteiger partial charge in [-0.2, -0.15) is 13.2 Å². The molecule has 19 heavy (non-hydrogen) atoms. The monoisotopic (exact) mass is 280 g/mol. The fourth-order valence-electron chi connectivity index (χ4n) is 1.32. The zero-order valence-corrected chi connectivity index (χ0v) is 9.81. The van der Waals surface area contributed by atoms with Crippen molar-refractivity contribution in [2.45, 2.75) is 12.6 Å². The summed E-state index contributed by atoms with van der Waals surface area (Å²) < 4.78 is 36.3. The van der Waals surface area contributed by atoms with Crippen molar-refractivity contribution in [1.29, 1.82) is 0 Å². The molecular formula is C8H11F3N6O2. The summed E-state index contributed by atoms with van der Waals surface area (Å²) >= 11 is 0. The van der Waals surface area contributed by atoms with E-state index in [0.29, 0.717) is 0 Å². The predicted octanol–water partition coefficient (Wildman–Crippen LogP) is 1.06. The Morgan fingerprint density at radius 1 is 1.53 bits per heavy atom. The lowest BCUT2D eigenvalue weighted by molar-refractivity contribution is -0.383. The van der Waals surface area contributed by atoms with Crippen LogP contribution in [0.2, 0.25) is 0 Å². The number of nitrogen functional groups attached to an aromatic ring is 1. The highest BCUT2D eigenvalue weighted by molar-refractivity contribution is 5.69. The maximum Gasteiger partial charge on any atom is 0.390 e. The molecule has 0 aliphatic heterocycles. The predicted molar refractivity (Wildman–Crippen MR) is 60.4 cm³/mol. The maximum absolute atomic E-state index is 12.1. The lowest BCUT2D eigenvalue weighted by Gasteiger charge is -2.19. The van der Waals surface area contributed by atoms with E-state index in [1.54, 1.807) is 0 Å². The number of alkyl halides is 3. The molecule has 0 saturated carbocycles. The zero-order chi connectivity index (χ0) is 14.6. The quantitative estimate of drug-likeness (QED) is 0.471. The number of halogens is 3. The van der Waals surface area contributed by atoms with E-state index in [-0.39, 0.29) is 11.6 Å². The number of nitrogens with zero attached hydrogens (tertiary/aromatic N) is 4. The van der Waals surface area contributed by atoms with Gasteiger partial charge in [0.15, 0.2) is 0 Å². The highest BCUT2D eigenvalue weighted by Gasteiger charge is 2.30. The summed E-state index contributed by atoms with van der Waals surface area (Å²) in [4.78, 5) is 18.3. The minimum absolute atomic E-state index is 0.239. The number of anilines is 2. The molecule has 11 heteroatoms. The average Bonchev–Trinajstić information content (AvgIpc) is 2.33. The molecule has 106 valence electrons. The summed E-state index contributed by atoms with van der Waals surface area (Å²) in [6, 6.07) is 0. The molecule has 0 unspecified atom stereocenters. The second-order valence-corrected chi connectivity index (χ2v) is 3.58. The molecule has 1 aromatic heterocycles. The molecule has 0 aromatic carbocycles. The smallest absolute Gasteiger partial charge is 0.353 e. The van der Waals surface area contributed by atoms with Gasteiger partial charge in [0.25, 0.3) is 0 Å². The van der Waals surface area contributed by atoms with Crippen LogP contribution in [0.1, 0.15) is 6.42 Å². The topological polar surface area (TPSA) is 110 Å². The Balaban J connectivity index is 3.02. The van der Waals surface area contributed by atoms with E-state index in [4.69, 9.17) is 5.84 Å². The van der Waals surface area contributed by atoms with Gasteiger partial charge in [0.2, 0.25) is 11.6 Å². The summed E-state index contributed by atoms with van der Waals surface area (Å²) in [6.45, 7) is -0.467. The number of aromatic nitrogens is 2. The summed E-state index contributed by atoms with van der Waals surface area (Å²) in [5, 5.41) is 10.9. The van der Waals surface area contributed by atoms with Crippen LogP contribution < -0.4 is 16.2 Å². The van der Waals surface area contributed by atoms with Crippen LogP contribution >= 0.6 is 0 Å². The molecule has 0 fully saturated rings. The molecule has 0 aliphatic carbocycles. The molecule has 0 atom stereocenters. The Labute approximate surface area is 105 Å². The van der Waals surface area contributed by atoms with Gasteiger partial charge < -0.3 is 10.3 Å². The molecular weight excluding hydrogens is 269 g/mol. The molecule has 3 N–H and O–H groups in total. The van der Waals surface area contributed by atoms with Crippen molar-refractivity contribution in [2.75, 3.05) is 23.9 Å². The number of nitrogens with two attached hydrogens (primary N) is 1. The Hall–Kier alpha value is -2.17. The molecule has 0 radical (unpaired) electrons. The van der Waals surface area contributed by atoms with E-state index >= 15 is 0 Å². The highest BCUT2D eigenvalue weighted by Crippen LogP contribution is 2.31. The lowest BCUT2D eigenvalue weighted by Crippen LogP contribution is -2.26. The van der Waals surface area contributed by atoms with E-state index < -0.39 is 29.8 Å². The van der Waals surface area contributed by atoms with Gasteiger partial charge in [-0.3, -0.25) is 10.1 Å². The second kappa shape index (κ2) is 5.65. The number of hydrazine groups is 1. The number of rotatable bonds is 5. The van der Waals surface area contributed by atoms with Gasteiger partial charge in [-0.05, 0) is 0 Å². The van der Waals surface area contributed by atoms with Crippen LogP contribution in [0.5, 0.6) is 0 Å². The molecule has 0 saturated heterocycles. The van der Waals surface area contributed by atoms with Crippen LogP contribution in [0.3, 0.4) is 0 Å². The first kappa shape index (κ1) is 14.9. The molecule has 0 spiro atoms. The van der Waals surface area contributed by atoms with Crippen LogP contribution in [0, 0.1) is 10.1 Å². The fraction of sp³-hybridized carbons (Fsp3) is 0.500. The van der Waals surface area contributed by atoms with Crippen LogP contribution in [0.25, 0.3) is 0 Å². The largest absolute Gasteiger partial charge is 0.390 e. The van der Waals surface area contributed by atoms with Crippen molar-refractivity contribution < 1.29 is 18.1 Å². The Morgan fingerprint density at radius 3 is 2.63 bits per heavy atom. The molecule has 0 bridgehead atoms. The van der Waals surface area contributed by atoms with Crippen molar-refractivity contribution in [1.82, 2.24) is 9.97 Å². The zero-order valence-electron chi connectivity index (χ0n) is 9.81. The van der Waals surface area contributed by atoms with Gasteiger partial charge in [0.1, 0.15) is 6.33 Å². The van der Waals surface area contributed by atoms with Crippen molar-refractivity contribution >= 4 is 17.3 Å². The Morgan fingerprint density at radius 2 is 2.16 bits per heavy atom. The first-order chi connectivity index (χ1) is 8.76. The van der Waals surface area contributed by atoms with Crippen molar-refractivity contribution in [3.63, 3.8) is 0 Å². The summed E-state index contributed by atoms with van der Waals surface area (Å²) in [5.74, 6) is 4.55. The Bertz CT molecular complexity index is 466. The standard InChI is InChI=1S/C8H11F3N6O2/c1-16(3-2-8(9,10)11)7-5(17(18)19)6(15-12)13-4-14-7/h4H,2-3,12H2,1H3,(H,13,14,15). The van der Waals surface area contributed by atoms with Gasteiger partial charge in [0, 0.05) is 13.6 Å². The first-order valence-electron chi connectivity index (χ1n) is 5.00. The minimum atomic E-state index is -4.36. The number of hydrogen-bond acceptors (Lipinski definition) is 7. The lowest BCUT2D eigenvalue weighted by atomic mass is 10.3. The molecule has 1 rings (SSSR count). The van der Waals surface area contributed by atoms with E-state index in [0.717, 1.165) is 11.2 Å². The van der Waals surface area contributed by atoms with Gasteiger partial charge in [-0.15, -0.1) is 0 Å². The number of hydrogen-bond donors (Lipinski definition) is 2. The van der Waals surface area contributed by atoms with Crippen molar-refractivity contribution in [3.8, 4) is 0 Å². The van der Waals surface area contributed by atoms with E-state index in [9.17, 15) is 23.3 Å². The Kier molecular flexibility index (Phi) is 4.43. The molecule has 0 aliphatic rings. The van der Waals surface area contributed by atoms with Gasteiger partial charge in [-0.1, -0.05) is 0 Å². The van der Waals surface area contributed by atoms with E-state index in [1.807, 2.05) is 5.43 Å². The van der Waals surface area contributed by atoms with Crippen molar-refractivity contribution in [2.24, 2.45) is 5.84 Å². The highest BCUT2D eigenvalue weighted by atomic mass is 19.4. The maximum atomic E-state index is 12.1. The van der Waals surface area contributed by atoms with Crippen LogP contribution in [-0.2, 0) is 0 Å². The van der Waals surface area contributed by atoms with Crippen LogP contribution in [0.15, 0.2) is 6.33 Å². The average molecular weight is 280 g/mol.